The highest BCUT2D eigenvalue weighted by Gasteiger charge is 2.35. The fourth-order valence-electron chi connectivity index (χ4n) is 2.80. The lowest BCUT2D eigenvalue weighted by Crippen LogP contribution is -2.40. The highest BCUT2D eigenvalue weighted by atomic mass is 35.5. The molecule has 0 radical (unpaired) electrons. The molecular weight excluding hydrogens is 311 g/mol. The van der Waals surface area contributed by atoms with Crippen molar-refractivity contribution in [1.82, 2.24) is 5.32 Å². The Morgan fingerprint density at radius 2 is 1.52 bits per heavy atom. The van der Waals surface area contributed by atoms with Crippen LogP contribution in [0.3, 0.4) is 0 Å². The minimum absolute atomic E-state index is 0.0704. The summed E-state index contributed by atoms with van der Waals surface area (Å²) in [6.07, 6.45) is 3.40. The van der Waals surface area contributed by atoms with Gasteiger partial charge in [0, 0.05) is 34.6 Å². The number of hydrogen-bond donors (Lipinski definition) is 2. The van der Waals surface area contributed by atoms with Gasteiger partial charge in [0.1, 0.15) is 0 Å². The van der Waals surface area contributed by atoms with E-state index in [2.05, 4.69) is 10.6 Å². The summed E-state index contributed by atoms with van der Waals surface area (Å²) < 4.78 is 0. The van der Waals surface area contributed by atoms with Crippen LogP contribution in [-0.4, -0.2) is 18.9 Å². The van der Waals surface area contributed by atoms with Gasteiger partial charge in [0.25, 0.3) is 0 Å². The molecule has 0 aliphatic heterocycles. The Bertz CT molecular complexity index is 528. The first-order valence-corrected chi connectivity index (χ1v) is 7.75. The number of anilines is 1. The Kier molecular flexibility index (Phi) is 5.48. The van der Waals surface area contributed by atoms with Gasteiger partial charge < -0.3 is 10.6 Å². The molecule has 0 saturated heterocycles. The lowest BCUT2D eigenvalue weighted by molar-refractivity contribution is -0.133. The average Bonchev–Trinajstić information content (AvgIpc) is 2.45. The van der Waals surface area contributed by atoms with Crippen LogP contribution in [0.1, 0.15) is 25.7 Å². The smallest absolute Gasteiger partial charge is 0.228 e. The van der Waals surface area contributed by atoms with Crippen LogP contribution >= 0.6 is 23.2 Å². The van der Waals surface area contributed by atoms with Gasteiger partial charge in [0.05, 0.1) is 0 Å². The Morgan fingerprint density at radius 1 is 1.00 bits per heavy atom. The minimum atomic E-state index is -0.309. The Morgan fingerprint density at radius 3 is 2.05 bits per heavy atom. The number of benzene rings is 1. The van der Waals surface area contributed by atoms with Crippen LogP contribution in [0, 0.1) is 11.8 Å². The molecule has 4 nitrogen and oxygen atoms in total. The molecule has 2 atom stereocenters. The van der Waals surface area contributed by atoms with Gasteiger partial charge in [-0.2, -0.15) is 0 Å². The van der Waals surface area contributed by atoms with E-state index < -0.39 is 0 Å². The highest BCUT2D eigenvalue weighted by molar-refractivity contribution is 6.35. The van der Waals surface area contributed by atoms with E-state index in [4.69, 9.17) is 23.2 Å². The number of amides is 2. The first-order chi connectivity index (χ1) is 10.0. The third kappa shape index (κ3) is 4.11. The SMILES string of the molecule is CNC(=O)[C@@H]1CCCC[C@@H]1C(=O)Nc1cc(Cl)cc(Cl)c1. The molecule has 0 bridgehead atoms. The predicted molar refractivity (Wildman–Crippen MR) is 84.6 cm³/mol. The largest absolute Gasteiger partial charge is 0.359 e. The van der Waals surface area contributed by atoms with Crippen molar-refractivity contribution in [2.75, 3.05) is 12.4 Å². The zero-order valence-corrected chi connectivity index (χ0v) is 13.3. The maximum atomic E-state index is 12.4. The van der Waals surface area contributed by atoms with Crippen molar-refractivity contribution in [2.45, 2.75) is 25.7 Å². The molecular formula is C15H18Cl2N2O2. The molecule has 114 valence electrons. The standard InChI is InChI=1S/C15H18Cl2N2O2/c1-18-14(20)12-4-2-3-5-13(12)15(21)19-11-7-9(16)6-10(17)8-11/h6-8,12-13H,2-5H2,1H3,(H,18,20)(H,19,21)/t12-,13+/m1/s1. The van der Waals surface area contributed by atoms with Gasteiger partial charge in [-0.3, -0.25) is 9.59 Å². The van der Waals surface area contributed by atoms with Crippen LogP contribution in [0.5, 0.6) is 0 Å². The summed E-state index contributed by atoms with van der Waals surface area (Å²) in [6, 6.07) is 4.89. The summed E-state index contributed by atoms with van der Waals surface area (Å²) in [7, 11) is 1.60. The number of nitrogens with one attached hydrogen (secondary N) is 2. The van der Waals surface area contributed by atoms with E-state index >= 15 is 0 Å². The van der Waals surface area contributed by atoms with Crippen molar-refractivity contribution in [3.05, 3.63) is 28.2 Å². The summed E-state index contributed by atoms with van der Waals surface area (Å²) in [5, 5.41) is 6.38. The second-order valence-corrected chi connectivity index (χ2v) is 6.13. The molecule has 2 N–H and O–H groups in total. The van der Waals surface area contributed by atoms with E-state index in [1.807, 2.05) is 0 Å². The Balaban J connectivity index is 2.11. The zero-order valence-electron chi connectivity index (χ0n) is 11.8. The van der Waals surface area contributed by atoms with Crippen LogP contribution in [0.15, 0.2) is 18.2 Å². The fourth-order valence-corrected chi connectivity index (χ4v) is 3.33. The Labute approximate surface area is 134 Å². The van der Waals surface area contributed by atoms with E-state index in [1.165, 1.54) is 0 Å². The average molecular weight is 329 g/mol. The van der Waals surface area contributed by atoms with Crippen LogP contribution in [0.2, 0.25) is 10.0 Å². The third-order valence-corrected chi connectivity index (χ3v) is 4.25. The normalized spacial score (nSPS) is 21.7. The van der Waals surface area contributed by atoms with Gasteiger partial charge in [-0.15, -0.1) is 0 Å². The maximum Gasteiger partial charge on any atom is 0.228 e. The van der Waals surface area contributed by atoms with E-state index in [1.54, 1.807) is 25.2 Å². The number of halogens is 2. The van der Waals surface area contributed by atoms with E-state index in [9.17, 15) is 9.59 Å². The summed E-state index contributed by atoms with van der Waals surface area (Å²) in [5.41, 5.74) is 0.554. The lowest BCUT2D eigenvalue weighted by atomic mass is 9.78. The summed E-state index contributed by atoms with van der Waals surface area (Å²) in [4.78, 5) is 24.4. The molecule has 0 spiro atoms. The van der Waals surface area contributed by atoms with Crippen molar-refractivity contribution in [3.63, 3.8) is 0 Å². The Hall–Kier alpha value is -1.26. The second kappa shape index (κ2) is 7.14. The first kappa shape index (κ1) is 16.1. The maximum absolute atomic E-state index is 12.4. The third-order valence-electron chi connectivity index (χ3n) is 3.82. The summed E-state index contributed by atoms with van der Waals surface area (Å²) in [6.45, 7) is 0. The van der Waals surface area contributed by atoms with Gasteiger partial charge in [0.2, 0.25) is 11.8 Å². The molecule has 2 rings (SSSR count). The van der Waals surface area contributed by atoms with Gasteiger partial charge >= 0.3 is 0 Å². The number of carbonyl (C=O) groups is 2. The molecule has 0 aromatic heterocycles. The predicted octanol–water partition coefficient (Wildman–Crippen LogP) is 3.48. The molecule has 2 amide bonds. The van der Waals surface area contributed by atoms with Crippen LogP contribution in [0.25, 0.3) is 0 Å². The molecule has 0 unspecified atom stereocenters. The van der Waals surface area contributed by atoms with E-state index in [0.29, 0.717) is 15.7 Å². The van der Waals surface area contributed by atoms with Crippen LogP contribution < -0.4 is 10.6 Å². The second-order valence-electron chi connectivity index (χ2n) is 5.26. The number of hydrogen-bond acceptors (Lipinski definition) is 2. The highest BCUT2D eigenvalue weighted by Crippen LogP contribution is 2.32. The van der Waals surface area contributed by atoms with Crippen molar-refractivity contribution in [3.8, 4) is 0 Å². The monoisotopic (exact) mass is 328 g/mol. The molecule has 1 aliphatic carbocycles. The molecule has 1 fully saturated rings. The first-order valence-electron chi connectivity index (χ1n) is 7.00. The molecule has 1 aromatic rings. The fraction of sp³-hybridized carbons (Fsp3) is 0.467. The molecule has 1 aromatic carbocycles. The lowest BCUT2D eigenvalue weighted by Gasteiger charge is -2.29. The number of rotatable bonds is 3. The van der Waals surface area contributed by atoms with Crippen LogP contribution in [-0.2, 0) is 9.59 Å². The van der Waals surface area contributed by atoms with Crippen molar-refractivity contribution >= 4 is 40.7 Å². The van der Waals surface area contributed by atoms with Gasteiger partial charge in [-0.05, 0) is 31.0 Å². The zero-order chi connectivity index (χ0) is 15.4. The minimum Gasteiger partial charge on any atom is -0.359 e. The molecule has 6 heteroatoms. The van der Waals surface area contributed by atoms with E-state index in [0.717, 1.165) is 25.7 Å². The summed E-state index contributed by atoms with van der Waals surface area (Å²) in [5.74, 6) is -0.796. The van der Waals surface area contributed by atoms with Gasteiger partial charge in [-0.1, -0.05) is 36.0 Å². The van der Waals surface area contributed by atoms with Crippen molar-refractivity contribution < 1.29 is 9.59 Å². The number of carbonyl (C=O) groups excluding carboxylic acids is 2. The quantitative estimate of drug-likeness (QED) is 0.892. The van der Waals surface area contributed by atoms with Gasteiger partial charge in [0.15, 0.2) is 0 Å². The van der Waals surface area contributed by atoms with Crippen LogP contribution in [0.4, 0.5) is 5.69 Å². The molecule has 0 heterocycles. The van der Waals surface area contributed by atoms with Crippen molar-refractivity contribution in [1.29, 1.82) is 0 Å². The topological polar surface area (TPSA) is 58.2 Å². The molecule has 1 aliphatic rings. The van der Waals surface area contributed by atoms with E-state index in [-0.39, 0.29) is 23.7 Å². The molecule has 1 saturated carbocycles. The van der Waals surface area contributed by atoms with Gasteiger partial charge in [-0.25, -0.2) is 0 Å². The summed E-state index contributed by atoms with van der Waals surface area (Å²) >= 11 is 11.8. The van der Waals surface area contributed by atoms with Crippen molar-refractivity contribution in [2.24, 2.45) is 11.8 Å². The molecule has 21 heavy (non-hydrogen) atoms.